The molecule has 0 spiro atoms. The Hall–Kier alpha value is -2.63. The number of hydrogen-bond donors (Lipinski definition) is 2. The van der Waals surface area contributed by atoms with Crippen LogP contribution in [0.2, 0.25) is 0 Å². The van der Waals surface area contributed by atoms with Gasteiger partial charge in [0, 0.05) is 37.6 Å². The van der Waals surface area contributed by atoms with Crippen LogP contribution < -0.4 is 15.5 Å². The topological polar surface area (TPSA) is 70.2 Å². The number of nitrogens with zero attached hydrogens (tertiary/aromatic N) is 3. The Balaban J connectivity index is 1.71. The predicted molar refractivity (Wildman–Crippen MR) is 105 cm³/mol. The zero-order chi connectivity index (χ0) is 18.5. The molecule has 0 aliphatic heterocycles. The molecule has 3 rings (SSSR count). The average Bonchev–Trinajstić information content (AvgIpc) is 2.62. The highest BCUT2D eigenvalue weighted by Crippen LogP contribution is 2.20. The number of carbonyl (C=O) groups excluding carboxylic acids is 1. The first kappa shape index (κ1) is 18.2. The predicted octanol–water partition coefficient (Wildman–Crippen LogP) is 3.66. The van der Waals surface area contributed by atoms with Crippen molar-refractivity contribution in [2.75, 3.05) is 24.3 Å². The second-order valence-corrected chi connectivity index (χ2v) is 7.06. The van der Waals surface area contributed by atoms with E-state index in [0.717, 1.165) is 24.2 Å². The summed E-state index contributed by atoms with van der Waals surface area (Å²) in [6.45, 7) is 1.80. The molecule has 26 heavy (non-hydrogen) atoms. The summed E-state index contributed by atoms with van der Waals surface area (Å²) in [6, 6.07) is 10.0. The summed E-state index contributed by atoms with van der Waals surface area (Å²) in [5.41, 5.74) is 2.46. The van der Waals surface area contributed by atoms with Gasteiger partial charge in [-0.2, -0.15) is 0 Å². The van der Waals surface area contributed by atoms with E-state index in [1.807, 2.05) is 43.3 Å². The third-order valence-corrected chi connectivity index (χ3v) is 4.67. The molecule has 0 saturated heterocycles. The Labute approximate surface area is 155 Å². The quantitative estimate of drug-likeness (QED) is 0.858. The SMILES string of the molecule is Cc1nc(Nc2ccc(N(C)C)cc2)cc(C(=O)NC2CCCCC2)n1. The van der Waals surface area contributed by atoms with Gasteiger partial charge in [0.15, 0.2) is 0 Å². The molecule has 138 valence electrons. The average molecular weight is 353 g/mol. The minimum atomic E-state index is -0.117. The van der Waals surface area contributed by atoms with Crippen LogP contribution in [0.5, 0.6) is 0 Å². The Morgan fingerprint density at radius 3 is 2.42 bits per heavy atom. The molecule has 1 aromatic carbocycles. The van der Waals surface area contributed by atoms with Crippen molar-refractivity contribution < 1.29 is 4.79 Å². The van der Waals surface area contributed by atoms with Gasteiger partial charge < -0.3 is 15.5 Å². The van der Waals surface area contributed by atoms with Crippen molar-refractivity contribution in [3.05, 3.63) is 41.9 Å². The van der Waals surface area contributed by atoms with Crippen molar-refractivity contribution in [1.29, 1.82) is 0 Å². The lowest BCUT2D eigenvalue weighted by atomic mass is 9.95. The third kappa shape index (κ3) is 4.71. The van der Waals surface area contributed by atoms with Crippen LogP contribution in [0.4, 0.5) is 17.2 Å². The molecule has 1 aliphatic carbocycles. The molecular weight excluding hydrogens is 326 g/mol. The maximum atomic E-state index is 12.6. The van der Waals surface area contributed by atoms with E-state index >= 15 is 0 Å². The van der Waals surface area contributed by atoms with Crippen molar-refractivity contribution >= 4 is 23.1 Å². The minimum Gasteiger partial charge on any atom is -0.378 e. The molecular formula is C20H27N5O. The normalized spacial score (nSPS) is 14.7. The number of anilines is 3. The number of aromatic nitrogens is 2. The van der Waals surface area contributed by atoms with Gasteiger partial charge in [0.25, 0.3) is 5.91 Å². The summed E-state index contributed by atoms with van der Waals surface area (Å²) < 4.78 is 0. The summed E-state index contributed by atoms with van der Waals surface area (Å²) in [4.78, 5) is 23.3. The van der Waals surface area contributed by atoms with Crippen LogP contribution in [0, 0.1) is 6.92 Å². The van der Waals surface area contributed by atoms with Gasteiger partial charge >= 0.3 is 0 Å². The number of nitrogens with one attached hydrogen (secondary N) is 2. The van der Waals surface area contributed by atoms with Crippen LogP contribution in [0.15, 0.2) is 30.3 Å². The van der Waals surface area contributed by atoms with Gasteiger partial charge in [0.1, 0.15) is 17.3 Å². The van der Waals surface area contributed by atoms with E-state index in [4.69, 9.17) is 0 Å². The van der Waals surface area contributed by atoms with E-state index in [1.54, 1.807) is 13.0 Å². The van der Waals surface area contributed by atoms with Crippen molar-refractivity contribution in [3.8, 4) is 0 Å². The lowest BCUT2D eigenvalue weighted by Crippen LogP contribution is -2.36. The number of hydrogen-bond acceptors (Lipinski definition) is 5. The summed E-state index contributed by atoms with van der Waals surface area (Å²) in [5.74, 6) is 1.09. The molecule has 6 heteroatoms. The van der Waals surface area contributed by atoms with Gasteiger partial charge in [-0.05, 0) is 44.0 Å². The lowest BCUT2D eigenvalue weighted by Gasteiger charge is -2.22. The monoisotopic (exact) mass is 353 g/mol. The van der Waals surface area contributed by atoms with Gasteiger partial charge in [-0.3, -0.25) is 4.79 Å². The molecule has 2 aromatic rings. The number of amides is 1. The summed E-state index contributed by atoms with van der Waals surface area (Å²) in [7, 11) is 4.01. The maximum Gasteiger partial charge on any atom is 0.270 e. The molecule has 0 unspecified atom stereocenters. The molecule has 1 saturated carbocycles. The van der Waals surface area contributed by atoms with Crippen LogP contribution in [0.1, 0.15) is 48.4 Å². The highest BCUT2D eigenvalue weighted by Gasteiger charge is 2.18. The highest BCUT2D eigenvalue weighted by molar-refractivity contribution is 5.93. The van der Waals surface area contributed by atoms with Gasteiger partial charge in [-0.25, -0.2) is 9.97 Å². The third-order valence-electron chi connectivity index (χ3n) is 4.67. The molecule has 2 N–H and O–H groups in total. The fourth-order valence-corrected chi connectivity index (χ4v) is 3.25. The molecule has 1 aliphatic rings. The summed E-state index contributed by atoms with van der Waals surface area (Å²) in [6.07, 6.45) is 5.74. The minimum absolute atomic E-state index is 0.117. The van der Waals surface area contributed by atoms with Crippen molar-refractivity contribution in [2.45, 2.75) is 45.1 Å². The molecule has 1 aromatic heterocycles. The smallest absolute Gasteiger partial charge is 0.270 e. The first-order valence-electron chi connectivity index (χ1n) is 9.22. The second kappa shape index (κ2) is 8.17. The summed E-state index contributed by atoms with van der Waals surface area (Å²) in [5, 5.41) is 6.37. The van der Waals surface area contributed by atoms with Gasteiger partial charge in [-0.15, -0.1) is 0 Å². The van der Waals surface area contributed by atoms with Crippen molar-refractivity contribution in [2.24, 2.45) is 0 Å². The fraction of sp³-hybridized carbons (Fsp3) is 0.450. The van der Waals surface area contributed by atoms with E-state index in [1.165, 1.54) is 19.3 Å². The van der Waals surface area contributed by atoms with E-state index in [2.05, 4.69) is 20.6 Å². The van der Waals surface area contributed by atoms with E-state index in [-0.39, 0.29) is 11.9 Å². The van der Waals surface area contributed by atoms with Crippen LogP contribution in [-0.2, 0) is 0 Å². The molecule has 6 nitrogen and oxygen atoms in total. The van der Waals surface area contributed by atoms with E-state index in [0.29, 0.717) is 17.3 Å². The highest BCUT2D eigenvalue weighted by atomic mass is 16.1. The van der Waals surface area contributed by atoms with Gasteiger partial charge in [0.05, 0.1) is 0 Å². The number of benzene rings is 1. The van der Waals surface area contributed by atoms with Gasteiger partial charge in [0.2, 0.25) is 0 Å². The standard InChI is InChI=1S/C20H27N5O/c1-14-21-18(20(26)24-15-7-5-4-6-8-15)13-19(22-14)23-16-9-11-17(12-10-16)25(2)3/h9-13,15H,4-8H2,1-3H3,(H,24,26)(H,21,22,23). The molecule has 0 radical (unpaired) electrons. The first-order valence-corrected chi connectivity index (χ1v) is 9.22. The van der Waals surface area contributed by atoms with Crippen LogP contribution in [0.25, 0.3) is 0 Å². The van der Waals surface area contributed by atoms with Crippen LogP contribution in [-0.4, -0.2) is 36.0 Å². The zero-order valence-electron chi connectivity index (χ0n) is 15.7. The number of rotatable bonds is 5. The summed E-state index contributed by atoms with van der Waals surface area (Å²) >= 11 is 0. The second-order valence-electron chi connectivity index (χ2n) is 7.06. The largest absolute Gasteiger partial charge is 0.378 e. The van der Waals surface area contributed by atoms with Crippen molar-refractivity contribution in [3.63, 3.8) is 0 Å². The first-order chi connectivity index (χ1) is 12.5. The van der Waals surface area contributed by atoms with Crippen molar-refractivity contribution in [1.82, 2.24) is 15.3 Å². The maximum absolute atomic E-state index is 12.6. The van der Waals surface area contributed by atoms with Crippen LogP contribution >= 0.6 is 0 Å². The van der Waals surface area contributed by atoms with E-state index in [9.17, 15) is 4.79 Å². The molecule has 0 bridgehead atoms. The Morgan fingerprint density at radius 1 is 1.08 bits per heavy atom. The molecule has 1 fully saturated rings. The lowest BCUT2D eigenvalue weighted by molar-refractivity contribution is 0.0922. The Bertz CT molecular complexity index is 751. The molecule has 1 heterocycles. The van der Waals surface area contributed by atoms with E-state index < -0.39 is 0 Å². The van der Waals surface area contributed by atoms with Crippen LogP contribution in [0.3, 0.4) is 0 Å². The fourth-order valence-electron chi connectivity index (χ4n) is 3.25. The zero-order valence-corrected chi connectivity index (χ0v) is 15.7. The molecule has 0 atom stereocenters. The number of aryl methyl sites for hydroxylation is 1. The van der Waals surface area contributed by atoms with Gasteiger partial charge in [-0.1, -0.05) is 19.3 Å². The Kier molecular flexibility index (Phi) is 5.71. The number of carbonyl (C=O) groups is 1. The Morgan fingerprint density at radius 2 is 1.77 bits per heavy atom. The molecule has 1 amide bonds.